The van der Waals surface area contributed by atoms with Crippen LogP contribution >= 0.6 is 11.6 Å². The molecule has 1 N–H and O–H groups in total. The van der Waals surface area contributed by atoms with Crippen LogP contribution in [0.15, 0.2) is 12.1 Å². The van der Waals surface area contributed by atoms with Crippen molar-refractivity contribution in [1.29, 1.82) is 0 Å². The molecule has 0 heterocycles. The highest BCUT2D eigenvalue weighted by Gasteiger charge is 2.25. The number of carbonyl (C=O) groups excluding carboxylic acids is 1. The molecule has 1 unspecified atom stereocenters. The number of benzene rings is 1. The van der Waals surface area contributed by atoms with Gasteiger partial charge in [-0.05, 0) is 31.9 Å². The van der Waals surface area contributed by atoms with Crippen molar-refractivity contribution < 1.29 is 13.6 Å². The lowest BCUT2D eigenvalue weighted by atomic mass is 10.0. The Morgan fingerprint density at radius 2 is 2.00 bits per heavy atom. The van der Waals surface area contributed by atoms with Crippen LogP contribution in [-0.4, -0.2) is 17.3 Å². The van der Waals surface area contributed by atoms with E-state index in [0.717, 1.165) is 0 Å². The third-order valence-electron chi connectivity index (χ3n) is 2.98. The summed E-state index contributed by atoms with van der Waals surface area (Å²) >= 11 is 5.77. The van der Waals surface area contributed by atoms with E-state index in [0.29, 0.717) is 12.5 Å². The SMILES string of the molecule is CCC(C)(CCl)NC(=O)c1cc(C)c(F)cc1F. The molecule has 0 aliphatic heterocycles. The smallest absolute Gasteiger partial charge is 0.254 e. The van der Waals surface area contributed by atoms with Gasteiger partial charge in [-0.25, -0.2) is 8.78 Å². The molecule has 0 bridgehead atoms. The van der Waals surface area contributed by atoms with Crippen LogP contribution in [-0.2, 0) is 0 Å². The second-order valence-electron chi connectivity index (χ2n) is 4.58. The summed E-state index contributed by atoms with van der Waals surface area (Å²) in [5.74, 6) is -1.90. The Hall–Kier alpha value is -1.16. The Labute approximate surface area is 110 Å². The highest BCUT2D eigenvalue weighted by atomic mass is 35.5. The number of halogens is 3. The summed E-state index contributed by atoms with van der Waals surface area (Å²) in [7, 11) is 0. The van der Waals surface area contributed by atoms with Gasteiger partial charge in [0.2, 0.25) is 0 Å². The molecule has 0 spiro atoms. The van der Waals surface area contributed by atoms with Crippen LogP contribution in [0, 0.1) is 18.6 Å². The van der Waals surface area contributed by atoms with Gasteiger partial charge < -0.3 is 5.32 Å². The van der Waals surface area contributed by atoms with Crippen LogP contribution in [0.3, 0.4) is 0 Å². The van der Waals surface area contributed by atoms with E-state index in [9.17, 15) is 13.6 Å². The molecule has 1 amide bonds. The van der Waals surface area contributed by atoms with Crippen molar-refractivity contribution in [2.45, 2.75) is 32.7 Å². The standard InChI is InChI=1S/C13H16ClF2NO/c1-4-13(3,7-14)17-12(18)9-5-8(2)10(15)6-11(9)16/h5-6H,4,7H2,1-3H3,(H,17,18). The first-order valence-electron chi connectivity index (χ1n) is 5.67. The molecule has 1 aromatic rings. The number of carbonyl (C=O) groups is 1. The number of hydrogen-bond acceptors (Lipinski definition) is 1. The lowest BCUT2D eigenvalue weighted by Crippen LogP contribution is -2.47. The molecular weight excluding hydrogens is 260 g/mol. The average molecular weight is 276 g/mol. The highest BCUT2D eigenvalue weighted by molar-refractivity contribution is 6.18. The third kappa shape index (κ3) is 3.19. The van der Waals surface area contributed by atoms with Crippen LogP contribution in [0.1, 0.15) is 36.2 Å². The Bertz CT molecular complexity index is 459. The maximum atomic E-state index is 13.5. The molecule has 2 nitrogen and oxygen atoms in total. The van der Waals surface area contributed by atoms with Crippen molar-refractivity contribution in [1.82, 2.24) is 5.32 Å². The number of hydrogen-bond donors (Lipinski definition) is 1. The molecule has 0 radical (unpaired) electrons. The Balaban J connectivity index is 3.01. The molecule has 0 saturated heterocycles. The molecule has 18 heavy (non-hydrogen) atoms. The van der Waals surface area contributed by atoms with E-state index in [1.165, 1.54) is 13.0 Å². The summed E-state index contributed by atoms with van der Waals surface area (Å²) in [5, 5.41) is 2.66. The van der Waals surface area contributed by atoms with E-state index in [4.69, 9.17) is 11.6 Å². The summed E-state index contributed by atoms with van der Waals surface area (Å²) in [6.45, 7) is 5.12. The molecule has 0 aromatic heterocycles. The van der Waals surface area contributed by atoms with Gasteiger partial charge in [-0.2, -0.15) is 0 Å². The molecule has 1 rings (SSSR count). The van der Waals surface area contributed by atoms with Crippen molar-refractivity contribution in [3.05, 3.63) is 34.9 Å². The lowest BCUT2D eigenvalue weighted by molar-refractivity contribution is 0.0908. The van der Waals surface area contributed by atoms with Gasteiger partial charge in [0.1, 0.15) is 11.6 Å². The molecule has 1 aromatic carbocycles. The second kappa shape index (κ2) is 5.65. The minimum absolute atomic E-state index is 0.168. The second-order valence-corrected chi connectivity index (χ2v) is 4.85. The zero-order valence-electron chi connectivity index (χ0n) is 10.6. The lowest BCUT2D eigenvalue weighted by Gasteiger charge is -2.27. The van der Waals surface area contributed by atoms with Crippen LogP contribution < -0.4 is 5.32 Å². The predicted octanol–water partition coefficient (Wildman–Crippen LogP) is 3.41. The molecular formula is C13H16ClF2NO. The molecule has 0 saturated carbocycles. The Morgan fingerprint density at radius 3 is 2.50 bits per heavy atom. The summed E-state index contributed by atoms with van der Waals surface area (Å²) in [5.41, 5.74) is -0.544. The van der Waals surface area contributed by atoms with Crippen molar-refractivity contribution >= 4 is 17.5 Å². The zero-order valence-corrected chi connectivity index (χ0v) is 11.4. The zero-order chi connectivity index (χ0) is 13.9. The number of amides is 1. The van der Waals surface area contributed by atoms with Crippen molar-refractivity contribution in [3.63, 3.8) is 0 Å². The maximum absolute atomic E-state index is 13.5. The van der Waals surface area contributed by atoms with Gasteiger partial charge in [0.05, 0.1) is 11.1 Å². The van der Waals surface area contributed by atoms with E-state index in [1.54, 1.807) is 6.92 Å². The number of alkyl halides is 1. The van der Waals surface area contributed by atoms with Crippen LogP contribution in [0.4, 0.5) is 8.78 Å². The van der Waals surface area contributed by atoms with Gasteiger partial charge in [-0.1, -0.05) is 6.92 Å². The topological polar surface area (TPSA) is 29.1 Å². The van der Waals surface area contributed by atoms with Crippen LogP contribution in [0.25, 0.3) is 0 Å². The van der Waals surface area contributed by atoms with Gasteiger partial charge >= 0.3 is 0 Å². The number of aryl methyl sites for hydroxylation is 1. The summed E-state index contributed by atoms with van der Waals surface area (Å²) in [6.07, 6.45) is 0.615. The summed E-state index contributed by atoms with van der Waals surface area (Å²) in [6, 6.07) is 1.92. The van der Waals surface area contributed by atoms with Gasteiger partial charge in [-0.3, -0.25) is 4.79 Å². The van der Waals surface area contributed by atoms with Crippen molar-refractivity contribution in [2.75, 3.05) is 5.88 Å². The van der Waals surface area contributed by atoms with E-state index in [2.05, 4.69) is 5.32 Å². The average Bonchev–Trinajstić information content (AvgIpc) is 2.33. The quantitative estimate of drug-likeness (QED) is 0.839. The fourth-order valence-electron chi connectivity index (χ4n) is 1.39. The third-order valence-corrected chi connectivity index (χ3v) is 3.57. The largest absolute Gasteiger partial charge is 0.346 e. The van der Waals surface area contributed by atoms with E-state index < -0.39 is 23.1 Å². The minimum Gasteiger partial charge on any atom is -0.346 e. The molecule has 0 aliphatic carbocycles. The monoisotopic (exact) mass is 275 g/mol. The first-order valence-corrected chi connectivity index (χ1v) is 6.20. The van der Waals surface area contributed by atoms with E-state index in [-0.39, 0.29) is 17.0 Å². The maximum Gasteiger partial charge on any atom is 0.254 e. The highest BCUT2D eigenvalue weighted by Crippen LogP contribution is 2.17. The fraction of sp³-hybridized carbons (Fsp3) is 0.462. The molecule has 1 atom stereocenters. The first-order chi connectivity index (χ1) is 8.33. The molecule has 0 aliphatic rings. The van der Waals surface area contributed by atoms with Gasteiger partial charge in [-0.15, -0.1) is 11.6 Å². The van der Waals surface area contributed by atoms with E-state index in [1.807, 2.05) is 6.92 Å². The van der Waals surface area contributed by atoms with Gasteiger partial charge in [0.15, 0.2) is 0 Å². The van der Waals surface area contributed by atoms with Crippen molar-refractivity contribution in [2.24, 2.45) is 0 Å². The van der Waals surface area contributed by atoms with Gasteiger partial charge in [0.25, 0.3) is 5.91 Å². The van der Waals surface area contributed by atoms with Crippen LogP contribution in [0.2, 0.25) is 0 Å². The Morgan fingerprint density at radius 1 is 1.39 bits per heavy atom. The summed E-state index contributed by atoms with van der Waals surface area (Å²) in [4.78, 5) is 11.9. The van der Waals surface area contributed by atoms with E-state index >= 15 is 0 Å². The van der Waals surface area contributed by atoms with Gasteiger partial charge in [0, 0.05) is 11.9 Å². The predicted molar refractivity (Wildman–Crippen MR) is 68.0 cm³/mol. The fourth-order valence-corrected chi connectivity index (χ4v) is 1.64. The van der Waals surface area contributed by atoms with Crippen LogP contribution in [0.5, 0.6) is 0 Å². The summed E-state index contributed by atoms with van der Waals surface area (Å²) < 4.78 is 26.6. The first kappa shape index (κ1) is 14.9. The molecule has 5 heteroatoms. The minimum atomic E-state index is -0.872. The molecule has 100 valence electrons. The Kier molecular flexibility index (Phi) is 4.68. The number of rotatable bonds is 4. The molecule has 0 fully saturated rings. The normalized spacial score (nSPS) is 14.1. The number of nitrogens with one attached hydrogen (secondary N) is 1. The van der Waals surface area contributed by atoms with Crippen molar-refractivity contribution in [3.8, 4) is 0 Å².